The van der Waals surface area contributed by atoms with Gasteiger partial charge in [0, 0.05) is 0 Å². The zero-order valence-electron chi connectivity index (χ0n) is 7.97. The first-order valence-electron chi connectivity index (χ1n) is 4.48. The molecule has 2 N–H and O–H groups in total. The van der Waals surface area contributed by atoms with Crippen molar-refractivity contribution in [1.82, 2.24) is 0 Å². The summed E-state index contributed by atoms with van der Waals surface area (Å²) in [6, 6.07) is 6.89. The lowest BCUT2D eigenvalue weighted by Crippen LogP contribution is -2.43. The molecule has 4 nitrogen and oxygen atoms in total. The second-order valence-electron chi connectivity index (χ2n) is 3.17. The summed E-state index contributed by atoms with van der Waals surface area (Å²) in [7, 11) is 0. The molecule has 1 aliphatic heterocycles. The lowest BCUT2D eigenvalue weighted by atomic mass is 10.2. The normalized spacial score (nSPS) is 16.9. The van der Waals surface area contributed by atoms with Crippen LogP contribution in [-0.4, -0.2) is 23.3 Å². The molecule has 0 saturated carbocycles. The highest BCUT2D eigenvalue weighted by Gasteiger charge is 2.28. The summed E-state index contributed by atoms with van der Waals surface area (Å²) in [4.78, 5) is 24.3. The Bertz CT molecular complexity index is 404. The predicted molar refractivity (Wildman–Crippen MR) is 60.7 cm³/mol. The van der Waals surface area contributed by atoms with Crippen molar-refractivity contribution in [2.75, 3.05) is 22.1 Å². The molecule has 1 heterocycles. The van der Waals surface area contributed by atoms with Crippen molar-refractivity contribution in [2.45, 2.75) is 0 Å². The van der Waals surface area contributed by atoms with Gasteiger partial charge in [0.1, 0.15) is 0 Å². The maximum absolute atomic E-state index is 11.6. The van der Waals surface area contributed by atoms with E-state index in [1.807, 2.05) is 0 Å². The molecule has 1 fully saturated rings. The van der Waals surface area contributed by atoms with Crippen LogP contribution in [0, 0.1) is 0 Å². The molecule has 1 aromatic rings. The number of nitrogen functional groups attached to an aromatic ring is 1. The molecule has 15 heavy (non-hydrogen) atoms. The van der Waals surface area contributed by atoms with E-state index in [1.165, 1.54) is 16.7 Å². The lowest BCUT2D eigenvalue weighted by molar-refractivity contribution is -0.124. The predicted octanol–water partition coefficient (Wildman–Crippen LogP) is 0.875. The van der Waals surface area contributed by atoms with Crippen molar-refractivity contribution < 1.29 is 9.59 Å². The van der Waals surface area contributed by atoms with E-state index in [2.05, 4.69) is 0 Å². The molecule has 1 aromatic carbocycles. The van der Waals surface area contributed by atoms with Crippen molar-refractivity contribution in [2.24, 2.45) is 0 Å². The van der Waals surface area contributed by atoms with E-state index < -0.39 is 0 Å². The summed E-state index contributed by atoms with van der Waals surface area (Å²) < 4.78 is 0. The highest BCUT2D eigenvalue weighted by molar-refractivity contribution is 8.00. The summed E-state index contributed by atoms with van der Waals surface area (Å²) in [5.41, 5.74) is 6.67. The number of hydrogen-bond acceptors (Lipinski definition) is 4. The molecule has 2 rings (SSSR count). The molecular weight excluding hydrogens is 212 g/mol. The topological polar surface area (TPSA) is 63.4 Å². The SMILES string of the molecule is Nc1ccccc1N1C(=O)CSCC1=O. The Morgan fingerprint density at radius 2 is 1.73 bits per heavy atom. The molecule has 0 spiro atoms. The van der Waals surface area contributed by atoms with E-state index in [0.717, 1.165) is 0 Å². The number of carbonyl (C=O) groups excluding carboxylic acids is 2. The second kappa shape index (κ2) is 3.94. The standard InChI is InChI=1S/C10H10N2O2S/c11-7-3-1-2-4-8(7)12-9(13)5-15-6-10(12)14/h1-4H,5-6,11H2. The first-order chi connectivity index (χ1) is 7.20. The Morgan fingerprint density at radius 3 is 2.33 bits per heavy atom. The van der Waals surface area contributed by atoms with Gasteiger partial charge in [-0.2, -0.15) is 0 Å². The third-order valence-electron chi connectivity index (χ3n) is 2.13. The van der Waals surface area contributed by atoms with E-state index >= 15 is 0 Å². The van der Waals surface area contributed by atoms with Crippen molar-refractivity contribution in [1.29, 1.82) is 0 Å². The average Bonchev–Trinajstić information content (AvgIpc) is 2.20. The van der Waals surface area contributed by atoms with Gasteiger partial charge in [0.05, 0.1) is 22.9 Å². The van der Waals surface area contributed by atoms with Crippen LogP contribution in [0.1, 0.15) is 0 Å². The van der Waals surface area contributed by atoms with Crippen LogP contribution in [0.5, 0.6) is 0 Å². The van der Waals surface area contributed by atoms with Crippen LogP contribution in [0.4, 0.5) is 11.4 Å². The summed E-state index contributed by atoms with van der Waals surface area (Å²) in [6.45, 7) is 0. The number of nitrogens with two attached hydrogens (primary N) is 1. The van der Waals surface area contributed by atoms with Crippen molar-refractivity contribution >= 4 is 35.0 Å². The van der Waals surface area contributed by atoms with Crippen LogP contribution < -0.4 is 10.6 Å². The molecule has 0 aliphatic carbocycles. The first kappa shape index (κ1) is 10.0. The van der Waals surface area contributed by atoms with Crippen LogP contribution >= 0.6 is 11.8 Å². The number of nitrogens with zero attached hydrogens (tertiary/aromatic N) is 1. The molecule has 2 amide bonds. The van der Waals surface area contributed by atoms with Gasteiger partial charge < -0.3 is 5.73 Å². The molecule has 0 radical (unpaired) electrons. The molecular formula is C10H10N2O2S. The van der Waals surface area contributed by atoms with E-state index in [0.29, 0.717) is 22.9 Å². The minimum absolute atomic E-state index is 0.200. The van der Waals surface area contributed by atoms with Gasteiger partial charge in [0.15, 0.2) is 0 Å². The van der Waals surface area contributed by atoms with Crippen molar-refractivity contribution in [3.8, 4) is 0 Å². The number of anilines is 2. The third-order valence-corrected chi connectivity index (χ3v) is 3.03. The number of rotatable bonds is 1. The van der Waals surface area contributed by atoms with Gasteiger partial charge in [0.25, 0.3) is 0 Å². The molecule has 0 unspecified atom stereocenters. The molecule has 78 valence electrons. The summed E-state index contributed by atoms with van der Waals surface area (Å²) in [6.07, 6.45) is 0. The van der Waals surface area contributed by atoms with Crippen molar-refractivity contribution in [3.63, 3.8) is 0 Å². The van der Waals surface area contributed by atoms with E-state index in [1.54, 1.807) is 24.3 Å². The van der Waals surface area contributed by atoms with Gasteiger partial charge in [-0.1, -0.05) is 12.1 Å². The van der Waals surface area contributed by atoms with Gasteiger partial charge in [-0.15, -0.1) is 11.8 Å². The van der Waals surface area contributed by atoms with Crippen LogP contribution in [0.15, 0.2) is 24.3 Å². The molecule has 0 atom stereocenters. The quantitative estimate of drug-likeness (QED) is 0.566. The van der Waals surface area contributed by atoms with Gasteiger partial charge >= 0.3 is 0 Å². The maximum Gasteiger partial charge on any atom is 0.243 e. The number of carbonyl (C=O) groups is 2. The molecule has 0 aromatic heterocycles. The number of hydrogen-bond donors (Lipinski definition) is 1. The Labute approximate surface area is 91.4 Å². The third kappa shape index (κ3) is 1.83. The summed E-state index contributed by atoms with van der Waals surface area (Å²) in [5, 5.41) is 0. The molecule has 0 bridgehead atoms. The average molecular weight is 222 g/mol. The number of benzene rings is 1. The fraction of sp³-hybridized carbons (Fsp3) is 0.200. The van der Waals surface area contributed by atoms with Gasteiger partial charge in [-0.05, 0) is 12.1 Å². The number of para-hydroxylation sites is 2. The van der Waals surface area contributed by atoms with Crippen LogP contribution in [0.25, 0.3) is 0 Å². The Hall–Kier alpha value is -1.49. The minimum Gasteiger partial charge on any atom is -0.397 e. The largest absolute Gasteiger partial charge is 0.397 e. The fourth-order valence-electron chi connectivity index (χ4n) is 1.45. The Kier molecular flexibility index (Phi) is 2.64. The second-order valence-corrected chi connectivity index (χ2v) is 4.16. The highest BCUT2D eigenvalue weighted by Crippen LogP contribution is 2.26. The molecule has 1 aliphatic rings. The van der Waals surface area contributed by atoms with E-state index in [9.17, 15) is 9.59 Å². The zero-order chi connectivity index (χ0) is 10.8. The van der Waals surface area contributed by atoms with Gasteiger partial charge in [-0.25, -0.2) is 4.90 Å². The van der Waals surface area contributed by atoms with Gasteiger partial charge in [-0.3, -0.25) is 9.59 Å². The Balaban J connectivity index is 2.40. The van der Waals surface area contributed by atoms with Crippen LogP contribution in [0.3, 0.4) is 0 Å². The number of thioether (sulfide) groups is 1. The van der Waals surface area contributed by atoms with E-state index in [-0.39, 0.29) is 11.8 Å². The minimum atomic E-state index is -0.200. The first-order valence-corrected chi connectivity index (χ1v) is 5.63. The smallest absolute Gasteiger partial charge is 0.243 e. The monoisotopic (exact) mass is 222 g/mol. The highest BCUT2D eigenvalue weighted by atomic mass is 32.2. The molecule has 1 saturated heterocycles. The maximum atomic E-state index is 11.6. The lowest BCUT2D eigenvalue weighted by Gasteiger charge is -2.25. The Morgan fingerprint density at radius 1 is 1.13 bits per heavy atom. The molecule has 5 heteroatoms. The number of imide groups is 1. The van der Waals surface area contributed by atoms with E-state index in [4.69, 9.17) is 5.73 Å². The van der Waals surface area contributed by atoms with Crippen LogP contribution in [-0.2, 0) is 9.59 Å². The summed E-state index contributed by atoms with van der Waals surface area (Å²) in [5.74, 6) is 0.267. The van der Waals surface area contributed by atoms with Gasteiger partial charge in [0.2, 0.25) is 11.8 Å². The fourth-order valence-corrected chi connectivity index (χ4v) is 2.16. The zero-order valence-corrected chi connectivity index (χ0v) is 8.79. The van der Waals surface area contributed by atoms with Crippen LogP contribution in [0.2, 0.25) is 0 Å². The summed E-state index contributed by atoms with van der Waals surface area (Å²) >= 11 is 1.33. The van der Waals surface area contributed by atoms with Crippen molar-refractivity contribution in [3.05, 3.63) is 24.3 Å². The number of amides is 2.